The minimum atomic E-state index is -2.44. The van der Waals surface area contributed by atoms with Gasteiger partial charge in [-0.1, -0.05) is 114 Å². The summed E-state index contributed by atoms with van der Waals surface area (Å²) in [5.41, 5.74) is 1.59. The number of allylic oxidation sites excluding steroid dienone is 1. The standard InChI is InChI=1S/C26H36OSi/c1-20-21(2)26(6,7)18-22(20)19-27-28(25(3,4)5,23-14-10-8-11-15-23)24-16-12-9-13-17-24/h8-17,20,22H,2,18-19H2,1,3-7H3/t20-,22+/m1/s1. The zero-order valence-electron chi connectivity index (χ0n) is 18.5. The Balaban J connectivity index is 2.04. The topological polar surface area (TPSA) is 9.23 Å². The second kappa shape index (κ2) is 7.65. The van der Waals surface area contributed by atoms with Crippen molar-refractivity contribution in [3.05, 3.63) is 72.8 Å². The lowest BCUT2D eigenvalue weighted by molar-refractivity contribution is 0.206. The predicted octanol–water partition coefficient (Wildman–Crippen LogP) is 5.80. The molecule has 2 atom stereocenters. The van der Waals surface area contributed by atoms with E-state index in [1.54, 1.807) is 0 Å². The van der Waals surface area contributed by atoms with Crippen LogP contribution in [0.2, 0.25) is 5.04 Å². The molecule has 0 aromatic heterocycles. The summed E-state index contributed by atoms with van der Waals surface area (Å²) in [4.78, 5) is 0. The first-order valence-corrected chi connectivity index (χ1v) is 12.4. The average Bonchev–Trinajstić information content (AvgIpc) is 2.85. The molecule has 0 amide bonds. The van der Waals surface area contributed by atoms with Crippen LogP contribution in [0.1, 0.15) is 48.0 Å². The molecule has 0 heterocycles. The summed E-state index contributed by atoms with van der Waals surface area (Å²) in [6, 6.07) is 21.9. The molecule has 2 aromatic rings. The lowest BCUT2D eigenvalue weighted by Gasteiger charge is -2.43. The number of rotatable bonds is 5. The van der Waals surface area contributed by atoms with Crippen molar-refractivity contribution >= 4 is 18.7 Å². The molecule has 0 aliphatic heterocycles. The molecule has 2 heteroatoms. The Morgan fingerprint density at radius 3 is 1.79 bits per heavy atom. The normalized spacial score (nSPS) is 22.4. The maximum Gasteiger partial charge on any atom is 0.261 e. The Labute approximate surface area is 173 Å². The van der Waals surface area contributed by atoms with E-state index in [9.17, 15) is 0 Å². The summed E-state index contributed by atoms with van der Waals surface area (Å²) in [6.45, 7) is 19.2. The quantitative estimate of drug-likeness (QED) is 0.461. The van der Waals surface area contributed by atoms with E-state index in [2.05, 4.69) is 109 Å². The van der Waals surface area contributed by atoms with E-state index in [0.29, 0.717) is 11.8 Å². The highest BCUT2D eigenvalue weighted by atomic mass is 28.4. The molecule has 3 rings (SSSR count). The first kappa shape index (κ1) is 21.1. The van der Waals surface area contributed by atoms with Gasteiger partial charge in [-0.25, -0.2) is 0 Å². The summed E-state index contributed by atoms with van der Waals surface area (Å²) in [5.74, 6) is 1.04. The molecule has 0 unspecified atom stereocenters. The van der Waals surface area contributed by atoms with Gasteiger partial charge in [0.15, 0.2) is 0 Å². The predicted molar refractivity (Wildman–Crippen MR) is 124 cm³/mol. The molecule has 0 bridgehead atoms. The van der Waals surface area contributed by atoms with E-state index in [1.807, 2.05) is 0 Å². The monoisotopic (exact) mass is 392 g/mol. The van der Waals surface area contributed by atoms with Crippen LogP contribution in [0.25, 0.3) is 0 Å². The van der Waals surface area contributed by atoms with Gasteiger partial charge in [0, 0.05) is 6.61 Å². The molecule has 0 saturated heterocycles. The van der Waals surface area contributed by atoms with Crippen LogP contribution in [-0.2, 0) is 4.43 Å². The van der Waals surface area contributed by atoms with Crippen molar-refractivity contribution in [1.82, 2.24) is 0 Å². The van der Waals surface area contributed by atoms with Crippen molar-refractivity contribution in [2.45, 2.75) is 53.0 Å². The fraction of sp³-hybridized carbons (Fsp3) is 0.462. The minimum absolute atomic E-state index is 0.0318. The average molecular weight is 393 g/mol. The molecule has 0 N–H and O–H groups in total. The van der Waals surface area contributed by atoms with Crippen molar-refractivity contribution in [2.24, 2.45) is 17.3 Å². The van der Waals surface area contributed by atoms with Gasteiger partial charge in [-0.15, -0.1) is 0 Å². The molecule has 150 valence electrons. The third-order valence-electron chi connectivity index (χ3n) is 6.83. The van der Waals surface area contributed by atoms with E-state index in [0.717, 1.165) is 13.0 Å². The molecule has 2 aromatic carbocycles. The number of hydrogen-bond acceptors (Lipinski definition) is 1. The van der Waals surface area contributed by atoms with E-state index in [4.69, 9.17) is 4.43 Å². The summed E-state index contributed by atoms with van der Waals surface area (Å²) in [7, 11) is -2.44. The van der Waals surface area contributed by atoms with Crippen LogP contribution in [0, 0.1) is 17.3 Å². The van der Waals surface area contributed by atoms with Gasteiger partial charge in [0.25, 0.3) is 8.32 Å². The van der Waals surface area contributed by atoms with E-state index in [1.165, 1.54) is 15.9 Å². The van der Waals surface area contributed by atoms with Gasteiger partial charge in [0.05, 0.1) is 0 Å². The van der Waals surface area contributed by atoms with E-state index >= 15 is 0 Å². The summed E-state index contributed by atoms with van der Waals surface area (Å²) in [6.07, 6.45) is 1.16. The second-order valence-electron chi connectivity index (χ2n) is 10.1. The molecule has 0 spiro atoms. The van der Waals surface area contributed by atoms with Crippen LogP contribution in [0.5, 0.6) is 0 Å². The molecule has 0 radical (unpaired) electrons. The Hall–Kier alpha value is -1.64. The fourth-order valence-electron chi connectivity index (χ4n) is 5.06. The van der Waals surface area contributed by atoms with Crippen LogP contribution in [0.15, 0.2) is 72.8 Å². The SMILES string of the molecule is C=C1[C@@H](C)[C@H](CO[Si](c2ccccc2)(c2ccccc2)C(C)(C)C)CC1(C)C. The van der Waals surface area contributed by atoms with Gasteiger partial charge in [0.2, 0.25) is 0 Å². The Morgan fingerprint density at radius 2 is 1.43 bits per heavy atom. The molecule has 1 nitrogen and oxygen atoms in total. The Bertz CT molecular complexity index is 762. The first-order valence-electron chi connectivity index (χ1n) is 10.5. The highest BCUT2D eigenvalue weighted by Gasteiger charge is 2.51. The summed E-state index contributed by atoms with van der Waals surface area (Å²) >= 11 is 0. The van der Waals surface area contributed by atoms with Crippen molar-refractivity contribution < 1.29 is 4.43 Å². The van der Waals surface area contributed by atoms with Gasteiger partial charge in [-0.2, -0.15) is 0 Å². The van der Waals surface area contributed by atoms with Crippen LogP contribution < -0.4 is 10.4 Å². The molecular weight excluding hydrogens is 356 g/mol. The van der Waals surface area contributed by atoms with Crippen molar-refractivity contribution in [3.8, 4) is 0 Å². The number of hydrogen-bond donors (Lipinski definition) is 0. The third-order valence-corrected chi connectivity index (χ3v) is 11.8. The molecule has 1 aliphatic rings. The van der Waals surface area contributed by atoms with Crippen LogP contribution in [0.3, 0.4) is 0 Å². The van der Waals surface area contributed by atoms with Crippen molar-refractivity contribution in [2.75, 3.05) is 6.61 Å². The smallest absolute Gasteiger partial charge is 0.261 e. The van der Waals surface area contributed by atoms with Gasteiger partial charge < -0.3 is 4.43 Å². The summed E-state index contributed by atoms with van der Waals surface area (Å²) in [5, 5.41) is 2.75. The summed E-state index contributed by atoms with van der Waals surface area (Å²) < 4.78 is 7.16. The maximum atomic E-state index is 7.16. The van der Waals surface area contributed by atoms with Gasteiger partial charge >= 0.3 is 0 Å². The minimum Gasteiger partial charge on any atom is -0.407 e. The molecule has 28 heavy (non-hydrogen) atoms. The molecular formula is C26H36OSi. The highest BCUT2D eigenvalue weighted by molar-refractivity contribution is 6.99. The van der Waals surface area contributed by atoms with Crippen molar-refractivity contribution in [3.63, 3.8) is 0 Å². The number of benzene rings is 2. The lowest BCUT2D eigenvalue weighted by Crippen LogP contribution is -2.67. The Morgan fingerprint density at radius 1 is 0.964 bits per heavy atom. The molecule has 1 fully saturated rings. The fourth-order valence-corrected chi connectivity index (χ4v) is 9.68. The largest absolute Gasteiger partial charge is 0.407 e. The van der Waals surface area contributed by atoms with Gasteiger partial charge in [-0.05, 0) is 39.1 Å². The van der Waals surface area contributed by atoms with E-state index < -0.39 is 8.32 Å². The van der Waals surface area contributed by atoms with Crippen molar-refractivity contribution in [1.29, 1.82) is 0 Å². The Kier molecular flexibility index (Phi) is 5.75. The maximum absolute atomic E-state index is 7.16. The van der Waals surface area contributed by atoms with Crippen LogP contribution in [0.4, 0.5) is 0 Å². The highest BCUT2D eigenvalue weighted by Crippen LogP contribution is 2.49. The van der Waals surface area contributed by atoms with Crippen LogP contribution >= 0.6 is 0 Å². The zero-order chi connectivity index (χ0) is 20.6. The second-order valence-corrected chi connectivity index (χ2v) is 14.4. The zero-order valence-corrected chi connectivity index (χ0v) is 19.5. The van der Waals surface area contributed by atoms with Gasteiger partial charge in [0.1, 0.15) is 0 Å². The molecule has 1 aliphatic carbocycles. The van der Waals surface area contributed by atoms with Crippen LogP contribution in [-0.4, -0.2) is 14.9 Å². The third kappa shape index (κ3) is 3.65. The van der Waals surface area contributed by atoms with E-state index in [-0.39, 0.29) is 10.5 Å². The first-order chi connectivity index (χ1) is 13.1. The van der Waals surface area contributed by atoms with Gasteiger partial charge in [-0.3, -0.25) is 0 Å². The lowest BCUT2D eigenvalue weighted by atomic mass is 9.86. The molecule has 1 saturated carbocycles.